The Hall–Kier alpha value is -0.0800. The van der Waals surface area contributed by atoms with Crippen LogP contribution in [0.5, 0.6) is 0 Å². The summed E-state index contributed by atoms with van der Waals surface area (Å²) in [6, 6.07) is 0. The molecule has 0 N–H and O–H groups in total. The van der Waals surface area contributed by atoms with Crippen LogP contribution in [0.2, 0.25) is 0 Å². The second kappa shape index (κ2) is 11.7. The van der Waals surface area contributed by atoms with Crippen molar-refractivity contribution in [3.8, 4) is 0 Å². The van der Waals surface area contributed by atoms with Crippen molar-refractivity contribution in [3.05, 3.63) is 0 Å². The van der Waals surface area contributed by atoms with Crippen LogP contribution in [0.15, 0.2) is 0 Å². The van der Waals surface area contributed by atoms with Crippen LogP contribution >= 0.6 is 0 Å². The summed E-state index contributed by atoms with van der Waals surface area (Å²) in [4.78, 5) is 0. The quantitative estimate of drug-likeness (QED) is 0.265. The summed E-state index contributed by atoms with van der Waals surface area (Å²) in [5, 5.41) is 0. The summed E-state index contributed by atoms with van der Waals surface area (Å²) < 4.78 is 6.89. The van der Waals surface area contributed by atoms with E-state index in [1.807, 2.05) is 0 Å². The molecule has 0 amide bonds. The molecule has 0 aromatic heterocycles. The van der Waals surface area contributed by atoms with E-state index in [1.54, 1.807) is 0 Å². The maximum Gasteiger partial charge on any atom is 0.182 e. The molecule has 0 aromatic rings. The lowest BCUT2D eigenvalue weighted by molar-refractivity contribution is -0.910. The molecule has 2 heteroatoms. The number of nitrogens with zero attached hydrogens (tertiary/aromatic N) is 1. The van der Waals surface area contributed by atoms with Crippen molar-refractivity contribution in [2.24, 2.45) is 5.92 Å². The fourth-order valence-corrected chi connectivity index (χ4v) is 2.46. The smallest absolute Gasteiger partial charge is 0.182 e. The van der Waals surface area contributed by atoms with E-state index >= 15 is 0 Å². The fraction of sp³-hybridized carbons (Fsp3) is 1.00. The van der Waals surface area contributed by atoms with Crippen molar-refractivity contribution >= 4 is 0 Å². The zero-order chi connectivity index (χ0) is 14.6. The number of hydrogen-bond acceptors (Lipinski definition) is 1. The fourth-order valence-electron chi connectivity index (χ4n) is 2.46. The van der Waals surface area contributed by atoms with Crippen LogP contribution in [0.1, 0.15) is 72.1 Å². The molecule has 0 aliphatic carbocycles. The Morgan fingerprint density at radius 3 is 2.16 bits per heavy atom. The molecule has 0 saturated carbocycles. The first-order valence-corrected chi connectivity index (χ1v) is 8.41. The standard InChI is InChI=1S/C17H38NO/c1-6-8-9-10-11-12-14-18(4,5)16-19-15-17(3)13-7-2/h17H,6-16H2,1-5H3/q+1. The second-order valence-electron chi connectivity index (χ2n) is 6.82. The second-order valence-corrected chi connectivity index (χ2v) is 6.82. The highest BCUT2D eigenvalue weighted by atomic mass is 16.5. The van der Waals surface area contributed by atoms with E-state index in [4.69, 9.17) is 4.74 Å². The lowest BCUT2D eigenvalue weighted by Crippen LogP contribution is -2.42. The maximum absolute atomic E-state index is 5.88. The first-order chi connectivity index (χ1) is 9.02. The summed E-state index contributed by atoms with van der Waals surface area (Å²) >= 11 is 0. The van der Waals surface area contributed by atoms with Gasteiger partial charge in [0.2, 0.25) is 0 Å². The molecule has 0 saturated heterocycles. The maximum atomic E-state index is 5.88. The number of ether oxygens (including phenoxy) is 1. The Morgan fingerprint density at radius 1 is 0.895 bits per heavy atom. The highest BCUT2D eigenvalue weighted by Crippen LogP contribution is 2.10. The van der Waals surface area contributed by atoms with Crippen molar-refractivity contribution in [2.75, 3.05) is 34.0 Å². The summed E-state index contributed by atoms with van der Waals surface area (Å²) in [5.41, 5.74) is 0. The molecule has 1 atom stereocenters. The third-order valence-electron chi connectivity index (χ3n) is 3.74. The summed E-state index contributed by atoms with van der Waals surface area (Å²) in [5.74, 6) is 0.707. The van der Waals surface area contributed by atoms with Gasteiger partial charge in [-0.1, -0.05) is 52.9 Å². The zero-order valence-corrected chi connectivity index (χ0v) is 14.2. The van der Waals surface area contributed by atoms with E-state index < -0.39 is 0 Å². The van der Waals surface area contributed by atoms with E-state index in [0.717, 1.165) is 17.8 Å². The molecule has 0 heterocycles. The van der Waals surface area contributed by atoms with Gasteiger partial charge in [0.1, 0.15) is 0 Å². The first kappa shape index (κ1) is 18.9. The highest BCUT2D eigenvalue weighted by Gasteiger charge is 2.15. The van der Waals surface area contributed by atoms with E-state index in [9.17, 15) is 0 Å². The van der Waals surface area contributed by atoms with Gasteiger partial charge in [0.05, 0.1) is 27.2 Å². The molecule has 0 bridgehead atoms. The Labute approximate surface area is 122 Å². The monoisotopic (exact) mass is 272 g/mol. The predicted molar refractivity (Wildman–Crippen MR) is 85.2 cm³/mol. The lowest BCUT2D eigenvalue weighted by Gasteiger charge is -2.29. The third kappa shape index (κ3) is 12.7. The van der Waals surface area contributed by atoms with Crippen LogP contribution in [0.4, 0.5) is 0 Å². The van der Waals surface area contributed by atoms with Crippen molar-refractivity contribution in [2.45, 2.75) is 72.1 Å². The van der Waals surface area contributed by atoms with Crippen LogP contribution in [0.3, 0.4) is 0 Å². The SMILES string of the molecule is CCCCCCCC[N+](C)(C)COCC(C)CCC. The Morgan fingerprint density at radius 2 is 1.53 bits per heavy atom. The van der Waals surface area contributed by atoms with Crippen molar-refractivity contribution in [3.63, 3.8) is 0 Å². The normalized spacial score (nSPS) is 13.7. The van der Waals surface area contributed by atoms with Crippen LogP contribution < -0.4 is 0 Å². The number of unbranched alkanes of at least 4 members (excludes halogenated alkanes) is 5. The largest absolute Gasteiger partial charge is 0.331 e. The number of quaternary nitrogens is 1. The molecule has 2 nitrogen and oxygen atoms in total. The molecule has 0 rings (SSSR count). The van der Waals surface area contributed by atoms with Crippen LogP contribution in [0.25, 0.3) is 0 Å². The van der Waals surface area contributed by atoms with Crippen molar-refractivity contribution < 1.29 is 9.22 Å². The molecule has 1 unspecified atom stereocenters. The Balaban J connectivity index is 3.51. The minimum Gasteiger partial charge on any atom is -0.331 e. The molecule has 0 spiro atoms. The average molecular weight is 272 g/mol. The van der Waals surface area contributed by atoms with Gasteiger partial charge in [0, 0.05) is 0 Å². The molecular formula is C17H38NO+. The Kier molecular flexibility index (Phi) is 11.7. The topological polar surface area (TPSA) is 9.23 Å². The van der Waals surface area contributed by atoms with Gasteiger partial charge in [-0.3, -0.25) is 0 Å². The lowest BCUT2D eigenvalue weighted by atomic mass is 10.1. The highest BCUT2D eigenvalue weighted by molar-refractivity contribution is 4.48. The van der Waals surface area contributed by atoms with Crippen molar-refractivity contribution in [1.29, 1.82) is 0 Å². The van der Waals surface area contributed by atoms with E-state index in [0.29, 0.717) is 5.92 Å². The molecular weight excluding hydrogens is 234 g/mol. The van der Waals surface area contributed by atoms with Gasteiger partial charge in [-0.25, -0.2) is 0 Å². The minimum atomic E-state index is 0.707. The van der Waals surface area contributed by atoms with Gasteiger partial charge < -0.3 is 9.22 Å². The average Bonchev–Trinajstić information content (AvgIpc) is 2.33. The van der Waals surface area contributed by atoms with E-state index in [2.05, 4.69) is 34.9 Å². The summed E-state index contributed by atoms with van der Waals surface area (Å²) in [6.07, 6.45) is 10.8. The van der Waals surface area contributed by atoms with Gasteiger partial charge in [0.15, 0.2) is 6.73 Å². The van der Waals surface area contributed by atoms with Gasteiger partial charge in [-0.05, 0) is 25.2 Å². The van der Waals surface area contributed by atoms with Crippen LogP contribution in [-0.4, -0.2) is 38.5 Å². The Bertz CT molecular complexity index is 192. The number of hydrogen-bond donors (Lipinski definition) is 0. The first-order valence-electron chi connectivity index (χ1n) is 8.41. The minimum absolute atomic E-state index is 0.707. The number of rotatable bonds is 13. The predicted octanol–water partition coefficient (Wildman–Crippen LogP) is 4.83. The zero-order valence-electron chi connectivity index (χ0n) is 14.2. The van der Waals surface area contributed by atoms with E-state index in [1.165, 1.54) is 57.9 Å². The molecule has 0 fully saturated rings. The van der Waals surface area contributed by atoms with Gasteiger partial charge >= 0.3 is 0 Å². The molecule has 116 valence electrons. The van der Waals surface area contributed by atoms with Gasteiger partial charge in [-0.2, -0.15) is 0 Å². The van der Waals surface area contributed by atoms with Crippen LogP contribution in [-0.2, 0) is 4.74 Å². The molecule has 0 radical (unpaired) electrons. The molecule has 19 heavy (non-hydrogen) atoms. The molecule has 0 aliphatic rings. The van der Waals surface area contributed by atoms with Gasteiger partial charge in [-0.15, -0.1) is 0 Å². The third-order valence-corrected chi connectivity index (χ3v) is 3.74. The van der Waals surface area contributed by atoms with Crippen molar-refractivity contribution in [1.82, 2.24) is 0 Å². The summed E-state index contributed by atoms with van der Waals surface area (Å²) in [7, 11) is 4.58. The van der Waals surface area contributed by atoms with Gasteiger partial charge in [0.25, 0.3) is 0 Å². The summed E-state index contributed by atoms with van der Waals surface area (Å²) in [6.45, 7) is 9.84. The molecule has 0 aromatic carbocycles. The van der Waals surface area contributed by atoms with Crippen LogP contribution in [0, 0.1) is 5.92 Å². The molecule has 0 aliphatic heterocycles. The van der Waals surface area contributed by atoms with E-state index in [-0.39, 0.29) is 0 Å².